The Morgan fingerprint density at radius 1 is 1.17 bits per heavy atom. The highest BCUT2D eigenvalue weighted by atomic mass is 79.9. The Morgan fingerprint density at radius 3 is 2.50 bits per heavy atom. The molecule has 4 N–H and O–H groups in total. The molecule has 0 unspecified atom stereocenters. The van der Waals surface area contributed by atoms with Crippen LogP contribution in [0.15, 0.2) is 0 Å². The molecule has 0 bridgehead atoms. The van der Waals surface area contributed by atoms with E-state index in [9.17, 15) is 9.59 Å². The fourth-order valence-electron chi connectivity index (χ4n) is 1.49. The van der Waals surface area contributed by atoms with Gasteiger partial charge in [0, 0.05) is 18.3 Å². The molecular formula is C12H23BrN2O3. The highest BCUT2D eigenvalue weighted by Gasteiger charge is 2.10. The lowest BCUT2D eigenvalue weighted by atomic mass is 10.1. The number of aliphatic carboxylic acids is 1. The molecule has 5 nitrogen and oxygen atoms in total. The van der Waals surface area contributed by atoms with Gasteiger partial charge in [0.25, 0.3) is 0 Å². The summed E-state index contributed by atoms with van der Waals surface area (Å²) in [6, 6.07) is -0.787. The third-order valence-corrected chi connectivity index (χ3v) is 3.18. The first-order valence-electron chi connectivity index (χ1n) is 6.39. The summed E-state index contributed by atoms with van der Waals surface area (Å²) in [4.78, 5) is 21.8. The van der Waals surface area contributed by atoms with Crippen LogP contribution in [0.3, 0.4) is 0 Å². The number of rotatable bonds is 11. The number of hydrogen-bond acceptors (Lipinski definition) is 3. The quantitative estimate of drug-likeness (QED) is 0.398. The van der Waals surface area contributed by atoms with E-state index >= 15 is 0 Å². The predicted octanol–water partition coefficient (Wildman–Crippen LogP) is 1.64. The Labute approximate surface area is 117 Å². The molecule has 18 heavy (non-hydrogen) atoms. The molecule has 106 valence electrons. The minimum Gasteiger partial charge on any atom is -0.480 e. The summed E-state index contributed by atoms with van der Waals surface area (Å²) in [5, 5.41) is 12.4. The Hall–Kier alpha value is -0.620. The number of halogens is 1. The number of nitrogens with two attached hydrogens (primary N) is 1. The van der Waals surface area contributed by atoms with E-state index < -0.39 is 12.0 Å². The average Bonchev–Trinajstić information content (AvgIpc) is 2.33. The lowest BCUT2D eigenvalue weighted by molar-refractivity contribution is -0.138. The number of hydrogen-bond donors (Lipinski definition) is 3. The second-order valence-electron chi connectivity index (χ2n) is 4.29. The molecule has 0 aromatic carbocycles. The van der Waals surface area contributed by atoms with Crippen LogP contribution in [0.4, 0.5) is 0 Å². The Morgan fingerprint density at radius 2 is 1.89 bits per heavy atom. The maximum absolute atomic E-state index is 11.4. The highest BCUT2D eigenvalue weighted by Crippen LogP contribution is 2.02. The topological polar surface area (TPSA) is 92.4 Å². The van der Waals surface area contributed by atoms with Gasteiger partial charge in [-0.1, -0.05) is 22.4 Å². The van der Waals surface area contributed by atoms with Crippen molar-refractivity contribution in [2.45, 2.75) is 51.0 Å². The molecule has 0 heterocycles. The van der Waals surface area contributed by atoms with E-state index in [4.69, 9.17) is 10.8 Å². The Balaban J connectivity index is 3.32. The van der Waals surface area contributed by atoms with Crippen molar-refractivity contribution in [1.82, 2.24) is 5.32 Å². The van der Waals surface area contributed by atoms with Gasteiger partial charge >= 0.3 is 5.97 Å². The fourth-order valence-corrected chi connectivity index (χ4v) is 1.88. The van der Waals surface area contributed by atoms with Gasteiger partial charge in [0.05, 0.1) is 0 Å². The lowest BCUT2D eigenvalue weighted by Crippen LogP contribution is -2.30. The largest absolute Gasteiger partial charge is 0.480 e. The van der Waals surface area contributed by atoms with E-state index in [0.717, 1.165) is 37.4 Å². The predicted molar refractivity (Wildman–Crippen MR) is 74.7 cm³/mol. The first-order valence-corrected chi connectivity index (χ1v) is 7.51. The van der Waals surface area contributed by atoms with Crippen LogP contribution < -0.4 is 11.1 Å². The van der Waals surface area contributed by atoms with Gasteiger partial charge in [-0.25, -0.2) is 0 Å². The van der Waals surface area contributed by atoms with Crippen LogP contribution in [-0.2, 0) is 9.59 Å². The first kappa shape index (κ1) is 17.4. The molecule has 1 atom stereocenters. The third kappa shape index (κ3) is 10.5. The number of alkyl halides is 1. The second kappa shape index (κ2) is 11.5. The van der Waals surface area contributed by atoms with Gasteiger partial charge in [-0.2, -0.15) is 0 Å². The van der Waals surface area contributed by atoms with Gasteiger partial charge < -0.3 is 16.2 Å². The zero-order chi connectivity index (χ0) is 13.8. The van der Waals surface area contributed by atoms with E-state index in [0.29, 0.717) is 19.4 Å². The fraction of sp³-hybridized carbons (Fsp3) is 0.833. The summed E-state index contributed by atoms with van der Waals surface area (Å²) in [5.74, 6) is -0.891. The van der Waals surface area contributed by atoms with Gasteiger partial charge in [0.1, 0.15) is 6.04 Å². The maximum atomic E-state index is 11.4. The average molecular weight is 323 g/mol. The first-order chi connectivity index (χ1) is 8.57. The molecule has 0 spiro atoms. The van der Waals surface area contributed by atoms with Gasteiger partial charge in [-0.3, -0.25) is 9.59 Å². The number of amides is 1. The van der Waals surface area contributed by atoms with Crippen LogP contribution in [0.25, 0.3) is 0 Å². The zero-order valence-corrected chi connectivity index (χ0v) is 12.2. The van der Waals surface area contributed by atoms with Crippen molar-refractivity contribution in [2.75, 3.05) is 11.9 Å². The summed E-state index contributed by atoms with van der Waals surface area (Å²) < 4.78 is 0. The number of carbonyl (C=O) groups is 2. The van der Waals surface area contributed by atoms with Gasteiger partial charge in [0.2, 0.25) is 5.91 Å². The molecule has 0 radical (unpaired) electrons. The van der Waals surface area contributed by atoms with E-state index in [1.54, 1.807) is 0 Å². The van der Waals surface area contributed by atoms with Crippen molar-refractivity contribution in [2.24, 2.45) is 5.73 Å². The summed E-state index contributed by atoms with van der Waals surface area (Å²) >= 11 is 3.34. The minimum atomic E-state index is -0.967. The van der Waals surface area contributed by atoms with Gasteiger partial charge in [-0.05, 0) is 32.1 Å². The number of unbranched alkanes of at least 4 members (excludes halogenated alkanes) is 3. The van der Waals surface area contributed by atoms with E-state index in [-0.39, 0.29) is 5.91 Å². The van der Waals surface area contributed by atoms with Crippen molar-refractivity contribution in [3.05, 3.63) is 0 Å². The molecular weight excluding hydrogens is 300 g/mol. The van der Waals surface area contributed by atoms with Gasteiger partial charge in [-0.15, -0.1) is 0 Å². The Bertz CT molecular complexity index is 249. The van der Waals surface area contributed by atoms with E-state index in [2.05, 4.69) is 21.2 Å². The number of carboxylic acids is 1. The molecule has 0 aromatic rings. The standard InChI is InChI=1S/C12H23BrN2O3/c13-8-4-1-2-7-11(16)15-9-5-3-6-10(14)12(17)18/h10H,1-9,14H2,(H,15,16)(H,17,18)/t10-/m0/s1. The molecule has 0 aliphatic carbocycles. The summed E-state index contributed by atoms with van der Waals surface area (Å²) in [6.45, 7) is 0.601. The van der Waals surface area contributed by atoms with Crippen LogP contribution in [0.1, 0.15) is 44.9 Å². The normalized spacial score (nSPS) is 12.1. The molecule has 6 heteroatoms. The van der Waals surface area contributed by atoms with Crippen molar-refractivity contribution in [3.8, 4) is 0 Å². The zero-order valence-electron chi connectivity index (χ0n) is 10.7. The molecule has 0 saturated heterocycles. The molecule has 0 fully saturated rings. The summed E-state index contributed by atoms with van der Waals surface area (Å²) in [6.07, 6.45) is 5.59. The lowest BCUT2D eigenvalue weighted by Gasteiger charge is -2.07. The minimum absolute atomic E-state index is 0.0760. The Kier molecular flexibility index (Phi) is 11.1. The number of nitrogens with one attached hydrogen (secondary N) is 1. The van der Waals surface area contributed by atoms with E-state index in [1.807, 2.05) is 0 Å². The summed E-state index contributed by atoms with van der Waals surface area (Å²) in [5.41, 5.74) is 5.36. The van der Waals surface area contributed by atoms with Crippen LogP contribution in [0.5, 0.6) is 0 Å². The molecule has 1 amide bonds. The monoisotopic (exact) mass is 322 g/mol. The summed E-state index contributed by atoms with van der Waals surface area (Å²) in [7, 11) is 0. The second-order valence-corrected chi connectivity index (χ2v) is 5.08. The van der Waals surface area contributed by atoms with Crippen LogP contribution in [-0.4, -0.2) is 34.9 Å². The third-order valence-electron chi connectivity index (χ3n) is 2.62. The van der Waals surface area contributed by atoms with E-state index in [1.165, 1.54) is 0 Å². The number of carbonyl (C=O) groups excluding carboxylic acids is 1. The van der Waals surface area contributed by atoms with Crippen molar-refractivity contribution in [1.29, 1.82) is 0 Å². The van der Waals surface area contributed by atoms with Crippen LogP contribution in [0, 0.1) is 0 Å². The molecule has 0 aliphatic rings. The van der Waals surface area contributed by atoms with Crippen LogP contribution in [0.2, 0.25) is 0 Å². The molecule has 0 aromatic heterocycles. The van der Waals surface area contributed by atoms with Crippen molar-refractivity contribution in [3.63, 3.8) is 0 Å². The van der Waals surface area contributed by atoms with Crippen LogP contribution >= 0.6 is 15.9 Å². The molecule has 0 saturated carbocycles. The van der Waals surface area contributed by atoms with Gasteiger partial charge in [0.15, 0.2) is 0 Å². The SMILES string of the molecule is N[C@@H](CCCCNC(=O)CCCCCBr)C(=O)O. The van der Waals surface area contributed by atoms with Crippen molar-refractivity contribution >= 4 is 27.8 Å². The molecule has 0 aliphatic heterocycles. The smallest absolute Gasteiger partial charge is 0.320 e. The highest BCUT2D eigenvalue weighted by molar-refractivity contribution is 9.09. The van der Waals surface area contributed by atoms with Crippen molar-refractivity contribution < 1.29 is 14.7 Å². The maximum Gasteiger partial charge on any atom is 0.320 e. The molecule has 0 rings (SSSR count). The number of carboxylic acid groups (broad SMARTS) is 1.